The first-order valence-corrected chi connectivity index (χ1v) is 8.31. The molecule has 22 heavy (non-hydrogen) atoms. The molecule has 0 atom stereocenters. The SMILES string of the molecule is O=C(NCCc1ccncc1)c1cc(-c2ccc(Br)s2)[nH]n1. The van der Waals surface area contributed by atoms with Crippen LogP contribution in [0.1, 0.15) is 16.1 Å². The maximum atomic E-state index is 12.1. The average molecular weight is 377 g/mol. The van der Waals surface area contributed by atoms with E-state index in [0.717, 1.165) is 26.3 Å². The third-order valence-electron chi connectivity index (χ3n) is 3.10. The number of thiophene rings is 1. The number of pyridine rings is 1. The summed E-state index contributed by atoms with van der Waals surface area (Å²) >= 11 is 5.01. The molecule has 3 heterocycles. The number of nitrogens with one attached hydrogen (secondary N) is 2. The summed E-state index contributed by atoms with van der Waals surface area (Å²) in [6.45, 7) is 0.565. The molecule has 0 aliphatic heterocycles. The lowest BCUT2D eigenvalue weighted by atomic mass is 10.2. The molecule has 0 aromatic carbocycles. The monoisotopic (exact) mass is 376 g/mol. The number of carbonyl (C=O) groups excluding carboxylic acids is 1. The topological polar surface area (TPSA) is 70.7 Å². The van der Waals surface area contributed by atoms with Crippen molar-refractivity contribution in [2.45, 2.75) is 6.42 Å². The number of halogens is 1. The van der Waals surface area contributed by atoms with Crippen LogP contribution in [-0.2, 0) is 6.42 Å². The molecular formula is C15H13BrN4OS. The Balaban J connectivity index is 1.58. The highest BCUT2D eigenvalue weighted by Crippen LogP contribution is 2.30. The lowest BCUT2D eigenvalue weighted by Crippen LogP contribution is -2.26. The summed E-state index contributed by atoms with van der Waals surface area (Å²) in [6, 6.07) is 9.59. The number of aromatic amines is 1. The van der Waals surface area contributed by atoms with Crippen LogP contribution < -0.4 is 5.32 Å². The van der Waals surface area contributed by atoms with Crippen molar-refractivity contribution in [2.24, 2.45) is 0 Å². The molecule has 112 valence electrons. The van der Waals surface area contributed by atoms with Crippen LogP contribution in [0.15, 0.2) is 46.5 Å². The van der Waals surface area contributed by atoms with E-state index in [-0.39, 0.29) is 5.91 Å². The van der Waals surface area contributed by atoms with Crippen LogP contribution in [0.25, 0.3) is 10.6 Å². The van der Waals surface area contributed by atoms with Gasteiger partial charge >= 0.3 is 0 Å². The van der Waals surface area contributed by atoms with Crippen LogP contribution in [0, 0.1) is 0 Å². The van der Waals surface area contributed by atoms with Gasteiger partial charge in [-0.3, -0.25) is 14.9 Å². The van der Waals surface area contributed by atoms with E-state index in [1.54, 1.807) is 29.8 Å². The van der Waals surface area contributed by atoms with E-state index in [9.17, 15) is 4.79 Å². The van der Waals surface area contributed by atoms with Gasteiger partial charge in [-0.2, -0.15) is 5.10 Å². The highest BCUT2D eigenvalue weighted by molar-refractivity contribution is 9.11. The quantitative estimate of drug-likeness (QED) is 0.717. The molecule has 0 saturated heterocycles. The fraction of sp³-hybridized carbons (Fsp3) is 0.133. The summed E-state index contributed by atoms with van der Waals surface area (Å²) in [5, 5.41) is 9.84. The van der Waals surface area contributed by atoms with Crippen molar-refractivity contribution in [3.63, 3.8) is 0 Å². The van der Waals surface area contributed by atoms with E-state index < -0.39 is 0 Å². The highest BCUT2D eigenvalue weighted by Gasteiger charge is 2.12. The molecule has 3 aromatic rings. The summed E-state index contributed by atoms with van der Waals surface area (Å²) in [6.07, 6.45) is 4.26. The minimum atomic E-state index is -0.174. The number of hydrogen-bond donors (Lipinski definition) is 2. The first kappa shape index (κ1) is 14.9. The van der Waals surface area contributed by atoms with Gasteiger partial charge in [-0.1, -0.05) is 0 Å². The number of aromatic nitrogens is 3. The second-order valence-electron chi connectivity index (χ2n) is 4.63. The molecule has 7 heteroatoms. The van der Waals surface area contributed by atoms with Crippen LogP contribution in [0.4, 0.5) is 0 Å². The number of carbonyl (C=O) groups is 1. The lowest BCUT2D eigenvalue weighted by Gasteiger charge is -2.02. The van der Waals surface area contributed by atoms with E-state index in [1.165, 1.54) is 0 Å². The summed E-state index contributed by atoms with van der Waals surface area (Å²) in [4.78, 5) is 17.1. The van der Waals surface area contributed by atoms with Gasteiger partial charge in [-0.25, -0.2) is 0 Å². The maximum Gasteiger partial charge on any atom is 0.271 e. The molecule has 2 N–H and O–H groups in total. The van der Waals surface area contributed by atoms with E-state index >= 15 is 0 Å². The number of hydrogen-bond acceptors (Lipinski definition) is 4. The molecule has 0 aliphatic carbocycles. The summed E-state index contributed by atoms with van der Waals surface area (Å²) in [7, 11) is 0. The fourth-order valence-corrected chi connectivity index (χ4v) is 3.34. The van der Waals surface area contributed by atoms with E-state index in [0.29, 0.717) is 12.2 Å². The molecule has 0 bridgehead atoms. The van der Waals surface area contributed by atoms with Crippen molar-refractivity contribution >= 4 is 33.2 Å². The largest absolute Gasteiger partial charge is 0.350 e. The van der Waals surface area contributed by atoms with Gasteiger partial charge in [0.25, 0.3) is 5.91 Å². The second kappa shape index (κ2) is 6.85. The predicted molar refractivity (Wildman–Crippen MR) is 89.9 cm³/mol. The van der Waals surface area contributed by atoms with Gasteiger partial charge in [-0.05, 0) is 58.2 Å². The van der Waals surface area contributed by atoms with Gasteiger partial charge in [0.15, 0.2) is 5.69 Å². The molecule has 0 fully saturated rings. The Morgan fingerprint density at radius 1 is 1.27 bits per heavy atom. The molecule has 0 unspecified atom stereocenters. The lowest BCUT2D eigenvalue weighted by molar-refractivity contribution is 0.0949. The summed E-state index contributed by atoms with van der Waals surface area (Å²) in [5.74, 6) is -0.174. The minimum Gasteiger partial charge on any atom is -0.350 e. The van der Waals surface area contributed by atoms with Gasteiger partial charge in [0.2, 0.25) is 0 Å². The van der Waals surface area contributed by atoms with Gasteiger partial charge in [0.05, 0.1) is 14.4 Å². The summed E-state index contributed by atoms with van der Waals surface area (Å²) in [5.41, 5.74) is 2.38. The Morgan fingerprint density at radius 3 is 2.82 bits per heavy atom. The Hall–Kier alpha value is -1.99. The molecule has 3 rings (SSSR count). The molecule has 3 aromatic heterocycles. The number of nitrogens with zero attached hydrogens (tertiary/aromatic N) is 2. The fourth-order valence-electron chi connectivity index (χ4n) is 1.98. The maximum absolute atomic E-state index is 12.1. The molecule has 0 aliphatic rings. The molecule has 0 spiro atoms. The third-order valence-corrected chi connectivity index (χ3v) is 4.75. The van der Waals surface area contributed by atoms with Gasteiger partial charge in [0.1, 0.15) is 0 Å². The van der Waals surface area contributed by atoms with E-state index in [4.69, 9.17) is 0 Å². The standard InChI is InChI=1S/C15H13BrN4OS/c16-14-2-1-13(22-14)11-9-12(20-19-11)15(21)18-8-5-10-3-6-17-7-4-10/h1-4,6-7,9H,5,8H2,(H,18,21)(H,19,20). The zero-order chi connectivity index (χ0) is 15.4. The van der Waals surface area contributed by atoms with Gasteiger partial charge < -0.3 is 5.32 Å². The average Bonchev–Trinajstić information content (AvgIpc) is 3.17. The van der Waals surface area contributed by atoms with Crippen LogP contribution in [0.3, 0.4) is 0 Å². The molecule has 1 amide bonds. The van der Waals surface area contributed by atoms with Crippen molar-refractivity contribution in [1.29, 1.82) is 0 Å². The third kappa shape index (κ3) is 3.61. The molecule has 0 saturated carbocycles. The first-order chi connectivity index (χ1) is 10.7. The Labute approximate surface area is 139 Å². The second-order valence-corrected chi connectivity index (χ2v) is 7.09. The van der Waals surface area contributed by atoms with Crippen LogP contribution in [0.2, 0.25) is 0 Å². The number of H-pyrrole nitrogens is 1. The normalized spacial score (nSPS) is 10.6. The number of amides is 1. The number of rotatable bonds is 5. The van der Waals surface area contributed by atoms with Gasteiger partial charge in [0, 0.05) is 18.9 Å². The van der Waals surface area contributed by atoms with Crippen LogP contribution in [0.5, 0.6) is 0 Å². The van der Waals surface area contributed by atoms with Crippen LogP contribution >= 0.6 is 27.3 Å². The highest BCUT2D eigenvalue weighted by atomic mass is 79.9. The van der Waals surface area contributed by atoms with Crippen molar-refractivity contribution in [3.8, 4) is 10.6 Å². The smallest absolute Gasteiger partial charge is 0.271 e. The Morgan fingerprint density at radius 2 is 2.09 bits per heavy atom. The van der Waals surface area contributed by atoms with Gasteiger partial charge in [-0.15, -0.1) is 11.3 Å². The summed E-state index contributed by atoms with van der Waals surface area (Å²) < 4.78 is 1.04. The van der Waals surface area contributed by atoms with E-state index in [2.05, 4.69) is 36.4 Å². The van der Waals surface area contributed by atoms with Crippen molar-refractivity contribution < 1.29 is 4.79 Å². The first-order valence-electron chi connectivity index (χ1n) is 6.70. The van der Waals surface area contributed by atoms with E-state index in [1.807, 2.05) is 24.3 Å². The predicted octanol–water partition coefficient (Wildman–Crippen LogP) is 3.27. The zero-order valence-corrected chi connectivity index (χ0v) is 13.9. The molecule has 0 radical (unpaired) electrons. The van der Waals surface area contributed by atoms with Crippen LogP contribution in [-0.4, -0.2) is 27.6 Å². The zero-order valence-electron chi connectivity index (χ0n) is 11.5. The molecule has 5 nitrogen and oxygen atoms in total. The minimum absolute atomic E-state index is 0.174. The molecular weight excluding hydrogens is 364 g/mol. The van der Waals surface area contributed by atoms with Crippen molar-refractivity contribution in [1.82, 2.24) is 20.5 Å². The Kier molecular flexibility index (Phi) is 4.65. The van der Waals surface area contributed by atoms with Crippen molar-refractivity contribution in [2.75, 3.05) is 6.54 Å². The van der Waals surface area contributed by atoms with Crippen molar-refractivity contribution in [3.05, 3.63) is 57.8 Å². The Bertz CT molecular complexity index is 769.